The van der Waals surface area contributed by atoms with Gasteiger partial charge in [0.2, 0.25) is 11.8 Å². The number of ether oxygens (including phenoxy) is 1. The molecule has 0 unspecified atom stereocenters. The molecule has 0 aliphatic carbocycles. The summed E-state index contributed by atoms with van der Waals surface area (Å²) in [7, 11) is 0. The monoisotopic (exact) mass is 313 g/mol. The van der Waals surface area contributed by atoms with Gasteiger partial charge in [0.15, 0.2) is 0 Å². The Kier molecular flexibility index (Phi) is 4.90. The van der Waals surface area contributed by atoms with E-state index in [9.17, 15) is 0 Å². The highest BCUT2D eigenvalue weighted by molar-refractivity contribution is 5.41. The zero-order chi connectivity index (χ0) is 16.1. The van der Waals surface area contributed by atoms with Crippen LogP contribution in [0.15, 0.2) is 30.5 Å². The van der Waals surface area contributed by atoms with Gasteiger partial charge in [-0.3, -0.25) is 0 Å². The lowest BCUT2D eigenvalue weighted by molar-refractivity contribution is 0.326. The van der Waals surface area contributed by atoms with Gasteiger partial charge in [0.1, 0.15) is 5.82 Å². The number of nitrogens with zero attached hydrogens (tertiary/aromatic N) is 5. The van der Waals surface area contributed by atoms with Crippen molar-refractivity contribution in [1.29, 1.82) is 0 Å². The van der Waals surface area contributed by atoms with Gasteiger partial charge in [0, 0.05) is 44.1 Å². The van der Waals surface area contributed by atoms with Crippen LogP contribution in [-0.4, -0.2) is 47.7 Å². The second-order valence-corrected chi connectivity index (χ2v) is 5.59. The van der Waals surface area contributed by atoms with Crippen molar-refractivity contribution in [3.63, 3.8) is 0 Å². The molecule has 122 valence electrons. The average Bonchev–Trinajstić information content (AvgIpc) is 2.82. The first kappa shape index (κ1) is 15.5. The largest absolute Gasteiger partial charge is 0.478 e. The molecule has 0 bridgehead atoms. The smallest absolute Gasteiger partial charge is 0.228 e. The van der Waals surface area contributed by atoms with Crippen LogP contribution in [0.1, 0.15) is 19.0 Å². The average molecular weight is 313 g/mol. The summed E-state index contributed by atoms with van der Waals surface area (Å²) >= 11 is 0. The van der Waals surface area contributed by atoms with Crippen LogP contribution < -0.4 is 14.5 Å². The number of hydrogen-bond donors (Lipinski definition) is 0. The molecule has 1 fully saturated rings. The third kappa shape index (κ3) is 3.88. The van der Waals surface area contributed by atoms with Crippen molar-refractivity contribution in [3.05, 3.63) is 36.2 Å². The molecule has 0 spiro atoms. The number of pyridine rings is 1. The Morgan fingerprint density at radius 3 is 2.70 bits per heavy atom. The molecular formula is C17H23N5O. The maximum Gasteiger partial charge on any atom is 0.228 e. The summed E-state index contributed by atoms with van der Waals surface area (Å²) in [4.78, 5) is 18.1. The highest BCUT2D eigenvalue weighted by Crippen LogP contribution is 2.18. The van der Waals surface area contributed by atoms with Crippen molar-refractivity contribution in [1.82, 2.24) is 15.0 Å². The van der Waals surface area contributed by atoms with Crippen LogP contribution in [0, 0.1) is 6.92 Å². The molecule has 6 heteroatoms. The van der Waals surface area contributed by atoms with E-state index in [4.69, 9.17) is 4.74 Å². The number of rotatable bonds is 4. The van der Waals surface area contributed by atoms with E-state index < -0.39 is 0 Å². The van der Waals surface area contributed by atoms with Crippen molar-refractivity contribution >= 4 is 11.8 Å². The molecule has 0 N–H and O–H groups in total. The lowest BCUT2D eigenvalue weighted by atomic mass is 10.3. The molecule has 0 saturated carbocycles. The zero-order valence-corrected chi connectivity index (χ0v) is 13.8. The van der Waals surface area contributed by atoms with Crippen LogP contribution in [0.2, 0.25) is 0 Å². The lowest BCUT2D eigenvalue weighted by Gasteiger charge is -2.23. The van der Waals surface area contributed by atoms with Crippen LogP contribution in [0.5, 0.6) is 5.88 Å². The van der Waals surface area contributed by atoms with Crippen LogP contribution in [0.3, 0.4) is 0 Å². The highest BCUT2D eigenvalue weighted by Gasteiger charge is 2.18. The van der Waals surface area contributed by atoms with E-state index in [-0.39, 0.29) is 0 Å². The van der Waals surface area contributed by atoms with Crippen LogP contribution >= 0.6 is 0 Å². The molecule has 2 aromatic rings. The summed E-state index contributed by atoms with van der Waals surface area (Å²) in [6, 6.07) is 7.97. The number of anilines is 2. The minimum absolute atomic E-state index is 0.614. The predicted molar refractivity (Wildman–Crippen MR) is 91.2 cm³/mol. The zero-order valence-electron chi connectivity index (χ0n) is 13.8. The third-order valence-electron chi connectivity index (χ3n) is 3.89. The topological polar surface area (TPSA) is 54.4 Å². The summed E-state index contributed by atoms with van der Waals surface area (Å²) in [6.45, 7) is 8.34. The van der Waals surface area contributed by atoms with Crippen molar-refractivity contribution in [2.24, 2.45) is 0 Å². The van der Waals surface area contributed by atoms with Crippen LogP contribution in [0.4, 0.5) is 11.8 Å². The quantitative estimate of drug-likeness (QED) is 0.863. The van der Waals surface area contributed by atoms with Crippen LogP contribution in [-0.2, 0) is 0 Å². The summed E-state index contributed by atoms with van der Waals surface area (Å²) in [6.07, 6.45) is 2.82. The molecule has 1 aliphatic heterocycles. The van der Waals surface area contributed by atoms with Gasteiger partial charge in [0.05, 0.1) is 6.61 Å². The Morgan fingerprint density at radius 2 is 1.87 bits per heavy atom. The second-order valence-electron chi connectivity index (χ2n) is 5.59. The number of hydrogen-bond acceptors (Lipinski definition) is 6. The molecule has 0 amide bonds. The molecule has 1 saturated heterocycles. The third-order valence-corrected chi connectivity index (χ3v) is 3.89. The molecule has 1 aliphatic rings. The van der Waals surface area contributed by atoms with Gasteiger partial charge in [-0.1, -0.05) is 6.07 Å². The molecule has 0 aromatic carbocycles. The first-order chi connectivity index (χ1) is 11.3. The number of aryl methyl sites for hydroxylation is 1. The van der Waals surface area contributed by atoms with Gasteiger partial charge in [0.25, 0.3) is 0 Å². The predicted octanol–water partition coefficient (Wildman–Crippen LogP) is 2.30. The minimum atomic E-state index is 0.614. The van der Waals surface area contributed by atoms with E-state index in [2.05, 4.69) is 36.9 Å². The molecule has 3 heterocycles. The first-order valence-electron chi connectivity index (χ1n) is 8.15. The Labute approximate surface area is 137 Å². The SMILES string of the molecule is CCOc1ccnc(N2CCCN(c3cccc(C)n3)CC2)n1. The van der Waals surface area contributed by atoms with Crippen molar-refractivity contribution < 1.29 is 4.74 Å². The highest BCUT2D eigenvalue weighted by atomic mass is 16.5. The van der Waals surface area contributed by atoms with Crippen molar-refractivity contribution in [2.45, 2.75) is 20.3 Å². The van der Waals surface area contributed by atoms with Crippen molar-refractivity contribution in [3.8, 4) is 5.88 Å². The molecule has 23 heavy (non-hydrogen) atoms. The minimum Gasteiger partial charge on any atom is -0.478 e. The molecule has 0 radical (unpaired) electrons. The van der Waals surface area contributed by atoms with E-state index in [0.29, 0.717) is 12.5 Å². The Balaban J connectivity index is 1.70. The second kappa shape index (κ2) is 7.26. The summed E-state index contributed by atoms with van der Waals surface area (Å²) < 4.78 is 5.47. The molecule has 2 aromatic heterocycles. The van der Waals surface area contributed by atoms with Gasteiger partial charge in [-0.15, -0.1) is 0 Å². The Bertz CT molecular complexity index is 648. The fourth-order valence-corrected chi connectivity index (χ4v) is 2.76. The van der Waals surface area contributed by atoms with Gasteiger partial charge >= 0.3 is 0 Å². The molecule has 0 atom stereocenters. The van der Waals surface area contributed by atoms with E-state index >= 15 is 0 Å². The first-order valence-corrected chi connectivity index (χ1v) is 8.15. The van der Waals surface area contributed by atoms with E-state index in [0.717, 1.165) is 50.1 Å². The van der Waals surface area contributed by atoms with E-state index in [1.807, 2.05) is 19.9 Å². The Hall–Kier alpha value is -2.37. The lowest BCUT2D eigenvalue weighted by Crippen LogP contribution is -2.32. The molecule has 6 nitrogen and oxygen atoms in total. The molecule has 3 rings (SSSR count). The standard InChI is InChI=1S/C17H23N5O/c1-3-23-16-8-9-18-17(20-16)22-11-5-10-21(12-13-22)15-7-4-6-14(2)19-15/h4,6-9H,3,5,10-13H2,1-2H3. The van der Waals surface area contributed by atoms with Gasteiger partial charge in [-0.05, 0) is 32.4 Å². The maximum absolute atomic E-state index is 5.47. The molecular weight excluding hydrogens is 290 g/mol. The van der Waals surface area contributed by atoms with Crippen molar-refractivity contribution in [2.75, 3.05) is 42.6 Å². The fraction of sp³-hybridized carbons (Fsp3) is 0.471. The van der Waals surface area contributed by atoms with Gasteiger partial charge in [-0.2, -0.15) is 4.98 Å². The summed E-state index contributed by atoms with van der Waals surface area (Å²) in [5, 5.41) is 0. The van der Waals surface area contributed by atoms with E-state index in [1.165, 1.54) is 0 Å². The van der Waals surface area contributed by atoms with Gasteiger partial charge < -0.3 is 14.5 Å². The fourth-order valence-electron chi connectivity index (χ4n) is 2.76. The maximum atomic E-state index is 5.47. The Morgan fingerprint density at radius 1 is 1.04 bits per heavy atom. The van der Waals surface area contributed by atoms with Crippen LogP contribution in [0.25, 0.3) is 0 Å². The normalized spacial score (nSPS) is 15.4. The summed E-state index contributed by atoms with van der Waals surface area (Å²) in [5.74, 6) is 2.43. The van der Waals surface area contributed by atoms with Gasteiger partial charge in [-0.25, -0.2) is 9.97 Å². The summed E-state index contributed by atoms with van der Waals surface area (Å²) in [5.41, 5.74) is 1.05. The van der Waals surface area contributed by atoms with E-state index in [1.54, 1.807) is 12.3 Å². The number of aromatic nitrogens is 3.